The van der Waals surface area contributed by atoms with Crippen molar-refractivity contribution in [3.63, 3.8) is 0 Å². The maximum absolute atomic E-state index is 4.58. The summed E-state index contributed by atoms with van der Waals surface area (Å²) < 4.78 is 0. The molecule has 0 spiro atoms. The highest BCUT2D eigenvalue weighted by molar-refractivity contribution is 7.13. The first kappa shape index (κ1) is 20.0. The number of nitrogens with zero attached hydrogens (tertiary/aromatic N) is 2. The summed E-state index contributed by atoms with van der Waals surface area (Å²) in [6.45, 7) is 8.92. The number of thiophene rings is 1. The number of hydrogen-bond donors (Lipinski definition) is 2. The second kappa shape index (κ2) is 7.98. The van der Waals surface area contributed by atoms with Crippen LogP contribution in [0, 0.1) is 0 Å². The molecule has 0 saturated carbocycles. The Morgan fingerprint density at radius 2 is 2.00 bits per heavy atom. The summed E-state index contributed by atoms with van der Waals surface area (Å²) in [4.78, 5) is 11.9. The summed E-state index contributed by atoms with van der Waals surface area (Å²) in [6, 6.07) is 17.1. The number of H-pyrrole nitrogens is 1. The van der Waals surface area contributed by atoms with Gasteiger partial charge in [0.2, 0.25) is 0 Å². The predicted octanol–water partition coefficient (Wildman–Crippen LogP) is 6.92. The van der Waals surface area contributed by atoms with E-state index in [0.717, 1.165) is 41.9 Å². The lowest BCUT2D eigenvalue weighted by atomic mass is 9.99. The molecule has 0 saturated heterocycles. The van der Waals surface area contributed by atoms with Gasteiger partial charge in [0.1, 0.15) is 5.65 Å². The molecule has 5 rings (SSSR count). The molecular formula is C26H28N4S. The molecule has 4 aromatic rings. The molecule has 0 radical (unpaired) electrons. The zero-order chi connectivity index (χ0) is 21.4. The number of pyridine rings is 1. The van der Waals surface area contributed by atoms with Crippen LogP contribution in [0.1, 0.15) is 32.9 Å². The Kier molecular flexibility index (Phi) is 5.16. The largest absolute Gasteiger partial charge is 0.355 e. The predicted molar refractivity (Wildman–Crippen MR) is 133 cm³/mol. The number of benzene rings is 1. The standard InChI is InChI=1S/C26H28N4S/c1-26(2,3)30-13-10-18(11-14-30)23-17-21-22(9-12-27-25(21)29-23)28-20-7-4-6-19(16-20)24-8-5-15-31-24/h4-10,12,15-17H,11,13-14H2,1-3H3,(H2,27,28,29). The normalized spacial score (nSPS) is 15.3. The Balaban J connectivity index is 1.42. The van der Waals surface area contributed by atoms with Crippen LogP contribution >= 0.6 is 11.3 Å². The molecule has 4 heterocycles. The number of fused-ring (bicyclic) bond motifs is 1. The number of aromatic amines is 1. The van der Waals surface area contributed by atoms with E-state index in [0.29, 0.717) is 0 Å². The van der Waals surface area contributed by atoms with Crippen LogP contribution in [0.5, 0.6) is 0 Å². The van der Waals surface area contributed by atoms with Crippen LogP contribution in [0.2, 0.25) is 0 Å². The van der Waals surface area contributed by atoms with Gasteiger partial charge in [-0.15, -0.1) is 11.3 Å². The van der Waals surface area contributed by atoms with E-state index >= 15 is 0 Å². The van der Waals surface area contributed by atoms with Crippen molar-refractivity contribution < 1.29 is 0 Å². The SMILES string of the molecule is CC(C)(C)N1CC=C(c2cc3c(Nc4cccc(-c5cccs5)c4)ccnc3[nH]2)CC1. The van der Waals surface area contributed by atoms with Crippen LogP contribution in [0.15, 0.2) is 66.2 Å². The van der Waals surface area contributed by atoms with Gasteiger partial charge in [-0.1, -0.05) is 24.3 Å². The number of nitrogens with one attached hydrogen (secondary N) is 2. The molecule has 0 fully saturated rings. The van der Waals surface area contributed by atoms with Crippen LogP contribution in [-0.2, 0) is 0 Å². The lowest BCUT2D eigenvalue weighted by molar-refractivity contribution is 0.153. The van der Waals surface area contributed by atoms with Gasteiger partial charge in [-0.2, -0.15) is 0 Å². The highest BCUT2D eigenvalue weighted by Crippen LogP contribution is 2.33. The van der Waals surface area contributed by atoms with Crippen molar-refractivity contribution >= 4 is 39.3 Å². The molecule has 0 unspecified atom stereocenters. The smallest absolute Gasteiger partial charge is 0.139 e. The average Bonchev–Trinajstić information content (AvgIpc) is 3.44. The van der Waals surface area contributed by atoms with Crippen molar-refractivity contribution in [2.45, 2.75) is 32.7 Å². The van der Waals surface area contributed by atoms with Gasteiger partial charge >= 0.3 is 0 Å². The Labute approximate surface area is 187 Å². The van der Waals surface area contributed by atoms with Crippen LogP contribution in [-0.4, -0.2) is 33.5 Å². The van der Waals surface area contributed by atoms with Crippen LogP contribution < -0.4 is 5.32 Å². The number of rotatable bonds is 4. The van der Waals surface area contributed by atoms with Gasteiger partial charge in [0.15, 0.2) is 0 Å². The van der Waals surface area contributed by atoms with Gasteiger partial charge in [-0.05, 0) is 74.0 Å². The average molecular weight is 429 g/mol. The van der Waals surface area contributed by atoms with Crippen molar-refractivity contribution in [3.05, 3.63) is 71.9 Å². The molecule has 1 aromatic carbocycles. The highest BCUT2D eigenvalue weighted by atomic mass is 32.1. The van der Waals surface area contributed by atoms with Crippen molar-refractivity contribution in [2.75, 3.05) is 18.4 Å². The van der Waals surface area contributed by atoms with E-state index in [9.17, 15) is 0 Å². The Morgan fingerprint density at radius 1 is 1.10 bits per heavy atom. The van der Waals surface area contributed by atoms with E-state index in [1.165, 1.54) is 21.7 Å². The van der Waals surface area contributed by atoms with E-state index in [2.05, 4.69) is 94.9 Å². The molecular weight excluding hydrogens is 400 g/mol. The van der Waals surface area contributed by atoms with Gasteiger partial charge in [0.25, 0.3) is 0 Å². The van der Waals surface area contributed by atoms with E-state index in [1.807, 2.05) is 12.3 Å². The number of aromatic nitrogens is 2. The highest BCUT2D eigenvalue weighted by Gasteiger charge is 2.24. The molecule has 2 N–H and O–H groups in total. The maximum Gasteiger partial charge on any atom is 0.139 e. The summed E-state index contributed by atoms with van der Waals surface area (Å²) >= 11 is 1.76. The van der Waals surface area contributed by atoms with Crippen molar-refractivity contribution in [1.29, 1.82) is 0 Å². The lowest BCUT2D eigenvalue weighted by Gasteiger charge is -2.37. The van der Waals surface area contributed by atoms with E-state index in [4.69, 9.17) is 0 Å². The Morgan fingerprint density at radius 3 is 2.74 bits per heavy atom. The summed E-state index contributed by atoms with van der Waals surface area (Å²) in [7, 11) is 0. The molecule has 0 amide bonds. The molecule has 4 nitrogen and oxygen atoms in total. The van der Waals surface area contributed by atoms with Gasteiger partial charge in [-0.25, -0.2) is 4.98 Å². The summed E-state index contributed by atoms with van der Waals surface area (Å²) in [6.07, 6.45) is 5.28. The monoisotopic (exact) mass is 428 g/mol. The van der Waals surface area contributed by atoms with E-state index in [-0.39, 0.29) is 5.54 Å². The summed E-state index contributed by atoms with van der Waals surface area (Å²) in [5.74, 6) is 0. The third-order valence-corrected chi connectivity index (χ3v) is 6.90. The van der Waals surface area contributed by atoms with Gasteiger partial charge in [0, 0.05) is 46.5 Å². The fraction of sp³-hybridized carbons (Fsp3) is 0.269. The molecule has 1 aliphatic rings. The Bertz CT molecular complexity index is 1230. The van der Waals surface area contributed by atoms with E-state index in [1.54, 1.807) is 11.3 Å². The van der Waals surface area contributed by atoms with Gasteiger partial charge in [-0.3, -0.25) is 4.90 Å². The first-order valence-corrected chi connectivity index (χ1v) is 11.7. The van der Waals surface area contributed by atoms with E-state index < -0.39 is 0 Å². The molecule has 31 heavy (non-hydrogen) atoms. The molecule has 158 valence electrons. The lowest BCUT2D eigenvalue weighted by Crippen LogP contribution is -2.43. The molecule has 0 aliphatic carbocycles. The maximum atomic E-state index is 4.58. The molecule has 1 aliphatic heterocycles. The quantitative estimate of drug-likeness (QED) is 0.371. The van der Waals surface area contributed by atoms with Crippen molar-refractivity contribution in [3.8, 4) is 10.4 Å². The summed E-state index contributed by atoms with van der Waals surface area (Å²) in [5, 5.41) is 6.85. The molecule has 0 atom stereocenters. The van der Waals surface area contributed by atoms with Gasteiger partial charge < -0.3 is 10.3 Å². The Hall–Kier alpha value is -2.89. The van der Waals surface area contributed by atoms with Crippen LogP contribution in [0.4, 0.5) is 11.4 Å². The first-order chi connectivity index (χ1) is 15.0. The minimum Gasteiger partial charge on any atom is -0.355 e. The first-order valence-electron chi connectivity index (χ1n) is 10.8. The van der Waals surface area contributed by atoms with Crippen LogP contribution in [0.25, 0.3) is 27.0 Å². The van der Waals surface area contributed by atoms with Crippen molar-refractivity contribution in [2.24, 2.45) is 0 Å². The fourth-order valence-electron chi connectivity index (χ4n) is 4.18. The molecule has 0 bridgehead atoms. The minimum absolute atomic E-state index is 0.207. The van der Waals surface area contributed by atoms with Crippen LogP contribution in [0.3, 0.4) is 0 Å². The zero-order valence-electron chi connectivity index (χ0n) is 18.3. The fourth-order valence-corrected chi connectivity index (χ4v) is 4.90. The third-order valence-electron chi connectivity index (χ3n) is 5.98. The number of hydrogen-bond acceptors (Lipinski definition) is 4. The second-order valence-corrected chi connectivity index (χ2v) is 10.0. The van der Waals surface area contributed by atoms with Gasteiger partial charge in [0.05, 0.1) is 5.69 Å². The number of anilines is 2. The zero-order valence-corrected chi connectivity index (χ0v) is 19.1. The summed E-state index contributed by atoms with van der Waals surface area (Å²) in [5.41, 5.74) is 7.08. The topological polar surface area (TPSA) is 44.0 Å². The molecule has 3 aromatic heterocycles. The third kappa shape index (κ3) is 4.16. The van der Waals surface area contributed by atoms with Crippen molar-refractivity contribution in [1.82, 2.24) is 14.9 Å². The minimum atomic E-state index is 0.207. The molecule has 5 heteroatoms. The second-order valence-electron chi connectivity index (χ2n) is 9.08.